The van der Waals surface area contributed by atoms with Gasteiger partial charge in [-0.3, -0.25) is 4.79 Å². The first kappa shape index (κ1) is 13.9. The molecule has 0 heterocycles. The van der Waals surface area contributed by atoms with Gasteiger partial charge in [-0.2, -0.15) is 0 Å². The summed E-state index contributed by atoms with van der Waals surface area (Å²) in [6, 6.07) is 0. The Morgan fingerprint density at radius 2 is 1.46 bits per heavy atom. The Labute approximate surface area is 74.7 Å². The van der Waals surface area contributed by atoms with Gasteiger partial charge in [-0.15, -0.1) is 0 Å². The van der Waals surface area contributed by atoms with Gasteiger partial charge in [-0.05, 0) is 14.1 Å². The Kier molecular flexibility index (Phi) is 7.54. The standard InChI is InChI=1S/C4H10N2O.C2H2O4/c1-6(2)3-4(5)7;3-1(4)2(5)6/h3H2,1-2H3,(H2,5,7);(H,3,4)(H,5,6). The molecular weight excluding hydrogens is 180 g/mol. The SMILES string of the molecule is CN(C)CC(N)=O.O=C(O)C(=O)O. The monoisotopic (exact) mass is 192 g/mol. The van der Waals surface area contributed by atoms with E-state index in [4.69, 9.17) is 25.5 Å². The predicted octanol–water partition coefficient (Wildman–Crippen LogP) is -1.81. The smallest absolute Gasteiger partial charge is 0.414 e. The molecule has 1 amide bonds. The summed E-state index contributed by atoms with van der Waals surface area (Å²) in [6.07, 6.45) is 0. The molecule has 0 bridgehead atoms. The highest BCUT2D eigenvalue weighted by molar-refractivity contribution is 6.27. The number of carbonyl (C=O) groups is 3. The minimum atomic E-state index is -1.82. The van der Waals surface area contributed by atoms with Crippen molar-refractivity contribution in [2.24, 2.45) is 5.73 Å². The van der Waals surface area contributed by atoms with Crippen LogP contribution in [0.3, 0.4) is 0 Å². The maximum absolute atomic E-state index is 9.99. The van der Waals surface area contributed by atoms with Crippen LogP contribution in [0.15, 0.2) is 0 Å². The molecule has 0 aliphatic heterocycles. The summed E-state index contributed by atoms with van der Waals surface area (Å²) in [5.41, 5.74) is 4.81. The predicted molar refractivity (Wildman–Crippen MR) is 43.0 cm³/mol. The van der Waals surface area contributed by atoms with Crippen LogP contribution in [0.1, 0.15) is 0 Å². The molecule has 0 saturated heterocycles. The lowest BCUT2D eigenvalue weighted by Crippen LogP contribution is -2.27. The molecule has 0 fully saturated rings. The zero-order chi connectivity index (χ0) is 11.0. The van der Waals surface area contributed by atoms with Crippen LogP contribution >= 0.6 is 0 Å². The average Bonchev–Trinajstić information content (AvgIpc) is 1.84. The molecule has 0 atom stereocenters. The highest BCUT2D eigenvalue weighted by Crippen LogP contribution is 1.67. The molecule has 0 aliphatic carbocycles. The normalized spacial score (nSPS) is 8.54. The molecule has 7 heteroatoms. The average molecular weight is 192 g/mol. The van der Waals surface area contributed by atoms with E-state index in [0.29, 0.717) is 6.54 Å². The Morgan fingerprint density at radius 1 is 1.15 bits per heavy atom. The van der Waals surface area contributed by atoms with Crippen LogP contribution in [0.4, 0.5) is 0 Å². The van der Waals surface area contributed by atoms with Crippen molar-refractivity contribution in [3.63, 3.8) is 0 Å². The fraction of sp³-hybridized carbons (Fsp3) is 0.500. The number of hydrogen-bond donors (Lipinski definition) is 3. The fourth-order valence-corrected chi connectivity index (χ4v) is 0.312. The van der Waals surface area contributed by atoms with E-state index in [1.54, 1.807) is 19.0 Å². The molecule has 0 saturated carbocycles. The van der Waals surface area contributed by atoms with Crippen molar-refractivity contribution < 1.29 is 24.6 Å². The zero-order valence-electron chi connectivity index (χ0n) is 7.35. The molecule has 0 aliphatic rings. The summed E-state index contributed by atoms with van der Waals surface area (Å²) >= 11 is 0. The first-order valence-corrected chi connectivity index (χ1v) is 3.16. The molecule has 0 rings (SSSR count). The fourth-order valence-electron chi connectivity index (χ4n) is 0.312. The number of amides is 1. The van der Waals surface area contributed by atoms with E-state index in [1.165, 1.54) is 0 Å². The van der Waals surface area contributed by atoms with Crippen LogP contribution in [0.5, 0.6) is 0 Å². The Balaban J connectivity index is 0. The molecule has 0 unspecified atom stereocenters. The second-order valence-corrected chi connectivity index (χ2v) is 2.31. The number of nitrogens with zero attached hydrogens (tertiary/aromatic N) is 1. The van der Waals surface area contributed by atoms with Crippen LogP contribution in [-0.2, 0) is 14.4 Å². The molecule has 13 heavy (non-hydrogen) atoms. The highest BCUT2D eigenvalue weighted by atomic mass is 16.4. The Morgan fingerprint density at radius 3 is 1.46 bits per heavy atom. The Hall–Kier alpha value is -1.63. The number of rotatable bonds is 2. The second kappa shape index (κ2) is 7.04. The summed E-state index contributed by atoms with van der Waals surface area (Å²) in [5.74, 6) is -3.94. The number of likely N-dealkylation sites (N-methyl/N-ethyl adjacent to an activating group) is 1. The van der Waals surface area contributed by atoms with Gasteiger partial charge >= 0.3 is 11.9 Å². The number of nitrogens with two attached hydrogens (primary N) is 1. The van der Waals surface area contributed by atoms with Crippen molar-refractivity contribution in [3.05, 3.63) is 0 Å². The van der Waals surface area contributed by atoms with Crippen LogP contribution in [0.25, 0.3) is 0 Å². The van der Waals surface area contributed by atoms with E-state index in [2.05, 4.69) is 0 Å². The molecule has 4 N–H and O–H groups in total. The number of carboxylic acid groups (broad SMARTS) is 2. The molecule has 7 nitrogen and oxygen atoms in total. The molecule has 0 spiro atoms. The van der Waals surface area contributed by atoms with Gasteiger partial charge < -0.3 is 20.8 Å². The number of carboxylic acids is 2. The van der Waals surface area contributed by atoms with Crippen LogP contribution in [0, 0.1) is 0 Å². The van der Waals surface area contributed by atoms with Crippen LogP contribution in [0.2, 0.25) is 0 Å². The molecular formula is C6H12N2O5. The maximum atomic E-state index is 9.99. The van der Waals surface area contributed by atoms with Crippen molar-refractivity contribution in [2.45, 2.75) is 0 Å². The van der Waals surface area contributed by atoms with E-state index >= 15 is 0 Å². The minimum Gasteiger partial charge on any atom is -0.473 e. The summed E-state index contributed by atoms with van der Waals surface area (Å²) in [5, 5.41) is 14.8. The van der Waals surface area contributed by atoms with Gasteiger partial charge in [0.1, 0.15) is 0 Å². The molecule has 0 aromatic carbocycles. The van der Waals surface area contributed by atoms with Gasteiger partial charge in [-0.25, -0.2) is 9.59 Å². The second-order valence-electron chi connectivity index (χ2n) is 2.31. The van der Waals surface area contributed by atoms with Crippen molar-refractivity contribution in [3.8, 4) is 0 Å². The largest absolute Gasteiger partial charge is 0.473 e. The third kappa shape index (κ3) is 17.9. The summed E-state index contributed by atoms with van der Waals surface area (Å²) in [6.45, 7) is 0.333. The summed E-state index contributed by atoms with van der Waals surface area (Å²) in [4.78, 5) is 29.9. The molecule has 76 valence electrons. The van der Waals surface area contributed by atoms with E-state index in [9.17, 15) is 4.79 Å². The van der Waals surface area contributed by atoms with Crippen molar-refractivity contribution >= 4 is 17.8 Å². The molecule has 0 radical (unpaired) electrons. The third-order valence-corrected chi connectivity index (χ3v) is 0.655. The molecule has 0 aromatic rings. The lowest BCUT2D eigenvalue weighted by atomic mass is 10.6. The van der Waals surface area contributed by atoms with E-state index in [-0.39, 0.29) is 5.91 Å². The van der Waals surface area contributed by atoms with Crippen molar-refractivity contribution in [1.29, 1.82) is 0 Å². The van der Waals surface area contributed by atoms with Gasteiger partial charge in [0, 0.05) is 0 Å². The van der Waals surface area contributed by atoms with Gasteiger partial charge in [0.25, 0.3) is 0 Å². The molecule has 0 aromatic heterocycles. The van der Waals surface area contributed by atoms with Gasteiger partial charge in [0.05, 0.1) is 6.54 Å². The van der Waals surface area contributed by atoms with Gasteiger partial charge in [-0.1, -0.05) is 0 Å². The maximum Gasteiger partial charge on any atom is 0.414 e. The lowest BCUT2D eigenvalue weighted by molar-refractivity contribution is -0.159. The van der Waals surface area contributed by atoms with E-state index in [1.807, 2.05) is 0 Å². The van der Waals surface area contributed by atoms with Crippen LogP contribution in [-0.4, -0.2) is 53.6 Å². The van der Waals surface area contributed by atoms with E-state index < -0.39 is 11.9 Å². The first-order valence-electron chi connectivity index (χ1n) is 3.16. The number of primary amides is 1. The van der Waals surface area contributed by atoms with Gasteiger partial charge in [0.15, 0.2) is 0 Å². The zero-order valence-corrected chi connectivity index (χ0v) is 7.35. The van der Waals surface area contributed by atoms with Crippen molar-refractivity contribution in [1.82, 2.24) is 4.90 Å². The van der Waals surface area contributed by atoms with E-state index in [0.717, 1.165) is 0 Å². The van der Waals surface area contributed by atoms with Crippen molar-refractivity contribution in [2.75, 3.05) is 20.6 Å². The summed E-state index contributed by atoms with van der Waals surface area (Å²) in [7, 11) is 3.59. The first-order chi connectivity index (χ1) is 5.77. The Bertz CT molecular complexity index is 189. The summed E-state index contributed by atoms with van der Waals surface area (Å²) < 4.78 is 0. The van der Waals surface area contributed by atoms with Crippen LogP contribution < -0.4 is 5.73 Å². The number of carbonyl (C=O) groups excluding carboxylic acids is 1. The topological polar surface area (TPSA) is 121 Å². The highest BCUT2D eigenvalue weighted by Gasteiger charge is 2.04. The minimum absolute atomic E-state index is 0.287. The third-order valence-electron chi connectivity index (χ3n) is 0.655. The number of aliphatic carboxylic acids is 2. The lowest BCUT2D eigenvalue weighted by Gasteiger charge is -2.02. The van der Waals surface area contributed by atoms with Gasteiger partial charge in [0.2, 0.25) is 5.91 Å². The number of hydrogen-bond acceptors (Lipinski definition) is 4. The quantitative estimate of drug-likeness (QED) is 0.443.